The summed E-state index contributed by atoms with van der Waals surface area (Å²) in [5.74, 6) is 1.50. The summed E-state index contributed by atoms with van der Waals surface area (Å²) in [5, 5.41) is 6.59. The Balaban J connectivity index is 1.84. The van der Waals surface area contributed by atoms with Gasteiger partial charge in [0.15, 0.2) is 0 Å². The standard InChI is InChI=1S/C13H14N4O2/c1-9-14-12(16-15-9)13(18)17-6-7-19-11-5-3-2-4-10(11)8-17/h2-5H,6-8H2,1H3,(H,14,15,16). The van der Waals surface area contributed by atoms with Crippen LogP contribution in [0.3, 0.4) is 0 Å². The zero-order valence-electron chi connectivity index (χ0n) is 10.6. The molecule has 1 aromatic heterocycles. The van der Waals surface area contributed by atoms with Gasteiger partial charge in [0.1, 0.15) is 18.2 Å². The minimum atomic E-state index is -0.176. The fraction of sp³-hybridized carbons (Fsp3) is 0.308. The maximum absolute atomic E-state index is 12.3. The van der Waals surface area contributed by atoms with E-state index in [1.54, 1.807) is 11.8 Å². The van der Waals surface area contributed by atoms with Gasteiger partial charge >= 0.3 is 0 Å². The maximum atomic E-state index is 12.3. The lowest BCUT2D eigenvalue weighted by molar-refractivity contribution is 0.0721. The van der Waals surface area contributed by atoms with Crippen LogP contribution in [0.1, 0.15) is 22.0 Å². The third-order valence-corrected chi connectivity index (χ3v) is 3.03. The molecule has 1 aliphatic rings. The number of nitrogens with one attached hydrogen (secondary N) is 1. The highest BCUT2D eigenvalue weighted by Crippen LogP contribution is 2.22. The summed E-state index contributed by atoms with van der Waals surface area (Å²) < 4.78 is 5.63. The van der Waals surface area contributed by atoms with E-state index in [-0.39, 0.29) is 11.7 Å². The number of para-hydroxylation sites is 1. The van der Waals surface area contributed by atoms with Crippen molar-refractivity contribution in [1.29, 1.82) is 0 Å². The molecule has 1 aromatic carbocycles. The van der Waals surface area contributed by atoms with E-state index in [2.05, 4.69) is 15.2 Å². The molecule has 0 bridgehead atoms. The van der Waals surface area contributed by atoms with Crippen LogP contribution in [0.4, 0.5) is 0 Å². The summed E-state index contributed by atoms with van der Waals surface area (Å²) in [4.78, 5) is 18.1. The van der Waals surface area contributed by atoms with Crippen LogP contribution in [0.5, 0.6) is 5.75 Å². The number of fused-ring (bicyclic) bond motifs is 1. The van der Waals surface area contributed by atoms with Gasteiger partial charge in [-0.3, -0.25) is 9.89 Å². The Bertz CT molecular complexity index is 608. The van der Waals surface area contributed by atoms with Crippen LogP contribution in [-0.2, 0) is 6.54 Å². The molecule has 0 unspecified atom stereocenters. The first-order valence-corrected chi connectivity index (χ1v) is 6.13. The molecule has 6 heteroatoms. The van der Waals surface area contributed by atoms with Crippen molar-refractivity contribution in [2.45, 2.75) is 13.5 Å². The molecular weight excluding hydrogens is 244 g/mol. The van der Waals surface area contributed by atoms with Gasteiger partial charge in [0.25, 0.3) is 5.91 Å². The van der Waals surface area contributed by atoms with Gasteiger partial charge in [-0.15, -0.1) is 5.10 Å². The van der Waals surface area contributed by atoms with Gasteiger partial charge in [-0.2, -0.15) is 0 Å². The Morgan fingerprint density at radius 2 is 2.26 bits per heavy atom. The van der Waals surface area contributed by atoms with E-state index in [4.69, 9.17) is 4.74 Å². The number of H-pyrrole nitrogens is 1. The zero-order chi connectivity index (χ0) is 13.2. The third kappa shape index (κ3) is 2.29. The highest BCUT2D eigenvalue weighted by molar-refractivity contribution is 5.90. The first-order chi connectivity index (χ1) is 9.24. The molecule has 0 saturated carbocycles. The van der Waals surface area contributed by atoms with E-state index in [9.17, 15) is 4.79 Å². The summed E-state index contributed by atoms with van der Waals surface area (Å²) in [7, 11) is 0. The summed E-state index contributed by atoms with van der Waals surface area (Å²) >= 11 is 0. The van der Waals surface area contributed by atoms with Crippen LogP contribution < -0.4 is 4.74 Å². The molecule has 2 heterocycles. The van der Waals surface area contributed by atoms with Crippen LogP contribution in [0.15, 0.2) is 24.3 Å². The summed E-state index contributed by atoms with van der Waals surface area (Å²) in [5.41, 5.74) is 1.00. The molecule has 0 fully saturated rings. The summed E-state index contributed by atoms with van der Waals surface area (Å²) in [6, 6.07) is 7.74. The molecule has 6 nitrogen and oxygen atoms in total. The number of carbonyl (C=O) groups excluding carboxylic acids is 1. The van der Waals surface area contributed by atoms with Crippen LogP contribution in [0.25, 0.3) is 0 Å². The molecule has 1 aliphatic heterocycles. The largest absolute Gasteiger partial charge is 0.491 e. The SMILES string of the molecule is Cc1nc(C(=O)N2CCOc3ccccc3C2)n[nH]1. The quantitative estimate of drug-likeness (QED) is 0.833. The van der Waals surface area contributed by atoms with Gasteiger partial charge in [-0.05, 0) is 13.0 Å². The monoisotopic (exact) mass is 258 g/mol. The van der Waals surface area contributed by atoms with Gasteiger partial charge in [0.2, 0.25) is 5.82 Å². The smallest absolute Gasteiger partial charge is 0.293 e. The number of hydrogen-bond donors (Lipinski definition) is 1. The molecule has 0 spiro atoms. The lowest BCUT2D eigenvalue weighted by atomic mass is 10.2. The van der Waals surface area contributed by atoms with Gasteiger partial charge < -0.3 is 9.64 Å². The van der Waals surface area contributed by atoms with Crippen LogP contribution >= 0.6 is 0 Å². The van der Waals surface area contributed by atoms with Crippen molar-refractivity contribution in [3.63, 3.8) is 0 Å². The number of aromatic nitrogens is 3. The Hall–Kier alpha value is -2.37. The summed E-state index contributed by atoms with van der Waals surface area (Å²) in [6.07, 6.45) is 0. The molecule has 0 aliphatic carbocycles. The van der Waals surface area contributed by atoms with Gasteiger partial charge in [0, 0.05) is 12.1 Å². The van der Waals surface area contributed by atoms with Crippen molar-refractivity contribution in [2.24, 2.45) is 0 Å². The topological polar surface area (TPSA) is 71.1 Å². The van der Waals surface area contributed by atoms with Gasteiger partial charge in [-0.25, -0.2) is 4.98 Å². The average molecular weight is 258 g/mol. The number of ether oxygens (including phenoxy) is 1. The van der Waals surface area contributed by atoms with Gasteiger partial charge in [0.05, 0.1) is 6.54 Å². The van der Waals surface area contributed by atoms with Crippen molar-refractivity contribution < 1.29 is 9.53 Å². The lowest BCUT2D eigenvalue weighted by Crippen LogP contribution is -2.33. The number of aromatic amines is 1. The molecule has 2 aromatic rings. The third-order valence-electron chi connectivity index (χ3n) is 3.03. The number of amides is 1. The Kier molecular flexibility index (Phi) is 2.91. The minimum Gasteiger partial charge on any atom is -0.491 e. The summed E-state index contributed by atoms with van der Waals surface area (Å²) in [6.45, 7) is 3.29. The maximum Gasteiger partial charge on any atom is 0.293 e. The predicted molar refractivity (Wildman–Crippen MR) is 67.8 cm³/mol. The molecule has 98 valence electrons. The van der Waals surface area contributed by atoms with Crippen LogP contribution in [0, 0.1) is 6.92 Å². The second kappa shape index (κ2) is 4.72. The van der Waals surface area contributed by atoms with E-state index >= 15 is 0 Å². The predicted octanol–water partition coefficient (Wildman–Crippen LogP) is 1.15. The molecule has 3 rings (SSSR count). The van der Waals surface area contributed by atoms with Crippen molar-refractivity contribution in [3.05, 3.63) is 41.5 Å². The fourth-order valence-corrected chi connectivity index (χ4v) is 2.08. The second-order valence-electron chi connectivity index (χ2n) is 4.43. The Labute approximate surface area is 110 Å². The highest BCUT2D eigenvalue weighted by Gasteiger charge is 2.23. The Morgan fingerprint density at radius 3 is 3.05 bits per heavy atom. The van der Waals surface area contributed by atoms with Crippen molar-refractivity contribution in [2.75, 3.05) is 13.2 Å². The average Bonchev–Trinajstić information content (AvgIpc) is 2.74. The fourth-order valence-electron chi connectivity index (χ4n) is 2.08. The number of carbonyl (C=O) groups is 1. The molecular formula is C13H14N4O2. The molecule has 0 saturated heterocycles. The lowest BCUT2D eigenvalue weighted by Gasteiger charge is -2.17. The molecule has 0 radical (unpaired) electrons. The Morgan fingerprint density at radius 1 is 1.42 bits per heavy atom. The van der Waals surface area contributed by atoms with Gasteiger partial charge in [-0.1, -0.05) is 18.2 Å². The number of aryl methyl sites for hydroxylation is 1. The number of benzene rings is 1. The van der Waals surface area contributed by atoms with E-state index in [1.165, 1.54) is 0 Å². The number of rotatable bonds is 1. The van der Waals surface area contributed by atoms with E-state index in [0.29, 0.717) is 25.5 Å². The number of hydrogen-bond acceptors (Lipinski definition) is 4. The van der Waals surface area contributed by atoms with Crippen LogP contribution in [0.2, 0.25) is 0 Å². The molecule has 19 heavy (non-hydrogen) atoms. The van der Waals surface area contributed by atoms with Crippen molar-refractivity contribution in [1.82, 2.24) is 20.1 Å². The first-order valence-electron chi connectivity index (χ1n) is 6.13. The number of nitrogens with zero attached hydrogens (tertiary/aromatic N) is 3. The van der Waals surface area contributed by atoms with Crippen molar-refractivity contribution >= 4 is 5.91 Å². The molecule has 1 amide bonds. The first kappa shape index (κ1) is 11.7. The van der Waals surface area contributed by atoms with E-state index < -0.39 is 0 Å². The highest BCUT2D eigenvalue weighted by atomic mass is 16.5. The van der Waals surface area contributed by atoms with Crippen molar-refractivity contribution in [3.8, 4) is 5.75 Å². The molecule has 0 atom stereocenters. The van der Waals surface area contributed by atoms with E-state index in [0.717, 1.165) is 11.3 Å². The van der Waals surface area contributed by atoms with Crippen LogP contribution in [-0.4, -0.2) is 39.1 Å². The normalized spacial score (nSPS) is 14.5. The second-order valence-corrected chi connectivity index (χ2v) is 4.43. The zero-order valence-corrected chi connectivity index (χ0v) is 10.6. The van der Waals surface area contributed by atoms with E-state index in [1.807, 2.05) is 24.3 Å². The minimum absolute atomic E-state index is 0.176. The molecule has 1 N–H and O–H groups in total.